The van der Waals surface area contributed by atoms with Gasteiger partial charge in [0.1, 0.15) is 0 Å². The molecule has 2 aromatic carbocycles. The molecule has 0 saturated heterocycles. The Morgan fingerprint density at radius 3 is 2.32 bits per heavy atom. The first-order chi connectivity index (χ1) is 15.2. The molecule has 0 aromatic heterocycles. The van der Waals surface area contributed by atoms with Gasteiger partial charge in [0.2, 0.25) is 0 Å². The number of carboxylic acid groups (broad SMARTS) is 1. The number of nitrogens with zero attached hydrogens (tertiary/aromatic N) is 1. The Hall–Kier alpha value is -2.46. The first-order valence-electron chi connectivity index (χ1n) is 11.7. The van der Waals surface area contributed by atoms with E-state index >= 15 is 0 Å². The van der Waals surface area contributed by atoms with Crippen molar-refractivity contribution < 1.29 is 14.6 Å². The molecule has 2 aromatic rings. The monoisotopic (exact) mass is 423 g/mol. The number of carbonyl (C=O) groups is 1. The van der Waals surface area contributed by atoms with Crippen molar-refractivity contribution in [1.82, 2.24) is 0 Å². The Labute approximate surface area is 187 Å². The van der Waals surface area contributed by atoms with Gasteiger partial charge in [-0.1, -0.05) is 101 Å². The van der Waals surface area contributed by atoms with Gasteiger partial charge in [-0.3, -0.25) is 4.99 Å². The molecule has 0 saturated carbocycles. The Balaban J connectivity index is 2.19. The van der Waals surface area contributed by atoms with E-state index in [0.29, 0.717) is 12.2 Å². The smallest absolute Gasteiger partial charge is 0.335 e. The highest BCUT2D eigenvalue weighted by Gasteiger charge is 2.26. The third-order valence-corrected chi connectivity index (χ3v) is 5.49. The number of benzene rings is 2. The van der Waals surface area contributed by atoms with Gasteiger partial charge in [0.05, 0.1) is 5.56 Å². The van der Waals surface area contributed by atoms with Crippen molar-refractivity contribution in [1.29, 1.82) is 0 Å². The third kappa shape index (κ3) is 8.66. The van der Waals surface area contributed by atoms with E-state index in [1.807, 2.05) is 48.7 Å². The molecule has 2 unspecified atom stereocenters. The van der Waals surface area contributed by atoms with Crippen LogP contribution < -0.4 is 0 Å². The zero-order valence-electron chi connectivity index (χ0n) is 19.0. The number of unbranched alkanes of at least 4 members (excludes halogenated alkanes) is 5. The molecular weight excluding hydrogens is 386 g/mol. The van der Waals surface area contributed by atoms with E-state index in [-0.39, 0.29) is 5.92 Å². The summed E-state index contributed by atoms with van der Waals surface area (Å²) in [4.78, 5) is 16.6. The van der Waals surface area contributed by atoms with Crippen molar-refractivity contribution in [3.8, 4) is 0 Å². The first kappa shape index (κ1) is 24.8. The fourth-order valence-corrected chi connectivity index (χ4v) is 3.83. The lowest BCUT2D eigenvalue weighted by atomic mass is 9.89. The molecule has 0 spiro atoms. The van der Waals surface area contributed by atoms with Crippen LogP contribution in [0.1, 0.15) is 92.6 Å². The summed E-state index contributed by atoms with van der Waals surface area (Å²) < 4.78 is 6.28. The summed E-state index contributed by atoms with van der Waals surface area (Å²) in [7, 11) is 0. The van der Waals surface area contributed by atoms with Crippen molar-refractivity contribution in [2.45, 2.75) is 77.4 Å². The average molecular weight is 424 g/mol. The van der Waals surface area contributed by atoms with Gasteiger partial charge < -0.3 is 9.84 Å². The van der Waals surface area contributed by atoms with Crippen LogP contribution in [0, 0.1) is 0 Å². The Kier molecular flexibility index (Phi) is 11.6. The van der Waals surface area contributed by atoms with Gasteiger partial charge >= 0.3 is 5.97 Å². The second-order valence-corrected chi connectivity index (χ2v) is 8.01. The van der Waals surface area contributed by atoms with Crippen LogP contribution in [0.3, 0.4) is 0 Å². The average Bonchev–Trinajstić information content (AvgIpc) is 2.80. The summed E-state index contributed by atoms with van der Waals surface area (Å²) in [5, 5.41) is 9.71. The van der Waals surface area contributed by atoms with Gasteiger partial charge in [-0.15, -0.1) is 0 Å². The highest BCUT2D eigenvalue weighted by Crippen LogP contribution is 2.31. The van der Waals surface area contributed by atoms with Gasteiger partial charge in [-0.05, 0) is 30.0 Å². The van der Waals surface area contributed by atoms with Crippen LogP contribution in [-0.2, 0) is 4.74 Å². The van der Waals surface area contributed by atoms with Crippen LogP contribution in [0.15, 0.2) is 59.6 Å². The minimum absolute atomic E-state index is 0.0997. The fraction of sp³-hybridized carbons (Fsp3) is 0.481. The molecule has 0 aliphatic heterocycles. The van der Waals surface area contributed by atoms with Crippen LogP contribution in [-0.4, -0.2) is 30.1 Å². The largest absolute Gasteiger partial charge is 0.478 e. The van der Waals surface area contributed by atoms with Crippen LogP contribution in [0.25, 0.3) is 0 Å². The fourth-order valence-electron chi connectivity index (χ4n) is 3.83. The molecule has 1 N–H and O–H groups in total. The highest BCUT2D eigenvalue weighted by molar-refractivity contribution is 5.89. The second-order valence-electron chi connectivity index (χ2n) is 8.01. The first-order valence-corrected chi connectivity index (χ1v) is 11.7. The molecule has 4 nitrogen and oxygen atoms in total. The minimum Gasteiger partial charge on any atom is -0.478 e. The summed E-state index contributed by atoms with van der Waals surface area (Å²) in [5.41, 5.74) is 2.15. The maximum atomic E-state index is 11.8. The lowest BCUT2D eigenvalue weighted by Crippen LogP contribution is -2.23. The number of aromatic carboxylic acids is 1. The Morgan fingerprint density at radius 2 is 1.61 bits per heavy atom. The minimum atomic E-state index is -0.904. The number of aliphatic imine (C=N–C) groups is 1. The van der Waals surface area contributed by atoms with Crippen molar-refractivity contribution in [3.63, 3.8) is 0 Å². The van der Waals surface area contributed by atoms with E-state index in [4.69, 9.17) is 9.73 Å². The van der Waals surface area contributed by atoms with Gasteiger partial charge in [0.25, 0.3) is 0 Å². The third-order valence-electron chi connectivity index (χ3n) is 5.49. The SMILES string of the molecule is CCCCCCCCOC(/N=C/c1ccccc1)C(CCC)c1ccccc1C(=O)O. The molecule has 31 heavy (non-hydrogen) atoms. The van der Waals surface area contributed by atoms with Crippen molar-refractivity contribution >= 4 is 12.2 Å². The van der Waals surface area contributed by atoms with Gasteiger partial charge in [-0.2, -0.15) is 0 Å². The van der Waals surface area contributed by atoms with Gasteiger partial charge in [0, 0.05) is 18.7 Å². The zero-order chi connectivity index (χ0) is 22.3. The molecule has 0 radical (unpaired) electrons. The topological polar surface area (TPSA) is 58.9 Å². The van der Waals surface area contributed by atoms with E-state index in [2.05, 4.69) is 13.8 Å². The van der Waals surface area contributed by atoms with E-state index in [1.165, 1.54) is 25.7 Å². The standard InChI is InChI=1S/C27H37NO3/c1-3-5-6-7-8-14-20-31-26(28-21-22-16-10-9-11-17-22)24(15-4-2)23-18-12-13-19-25(23)27(29)30/h9-13,16-19,21,24,26H,3-8,14-15,20H2,1-2H3,(H,29,30)/b28-21+. The van der Waals surface area contributed by atoms with Crippen molar-refractivity contribution in [2.75, 3.05) is 6.61 Å². The molecule has 0 bridgehead atoms. The van der Waals surface area contributed by atoms with Crippen molar-refractivity contribution in [2.24, 2.45) is 4.99 Å². The van der Waals surface area contributed by atoms with Gasteiger partial charge in [0.15, 0.2) is 6.23 Å². The van der Waals surface area contributed by atoms with Crippen LogP contribution in [0.2, 0.25) is 0 Å². The lowest BCUT2D eigenvalue weighted by Gasteiger charge is -2.26. The van der Waals surface area contributed by atoms with E-state index in [0.717, 1.165) is 36.8 Å². The molecule has 0 aliphatic carbocycles. The quantitative estimate of drug-likeness (QED) is 0.246. The number of rotatable bonds is 15. The Bertz CT molecular complexity index is 788. The van der Waals surface area contributed by atoms with Crippen LogP contribution in [0.5, 0.6) is 0 Å². The maximum absolute atomic E-state index is 11.8. The number of hydrogen-bond donors (Lipinski definition) is 1. The molecular formula is C27H37NO3. The van der Waals surface area contributed by atoms with E-state index in [9.17, 15) is 9.90 Å². The molecule has 2 rings (SSSR count). The summed E-state index contributed by atoms with van der Waals surface area (Å²) in [6, 6.07) is 17.2. The summed E-state index contributed by atoms with van der Waals surface area (Å²) in [6.07, 6.45) is 10.4. The summed E-state index contributed by atoms with van der Waals surface area (Å²) >= 11 is 0. The summed E-state index contributed by atoms with van der Waals surface area (Å²) in [6.45, 7) is 4.97. The molecule has 0 aliphatic rings. The highest BCUT2D eigenvalue weighted by atomic mass is 16.5. The number of carboxylic acids is 1. The van der Waals surface area contributed by atoms with E-state index in [1.54, 1.807) is 12.1 Å². The molecule has 0 heterocycles. The van der Waals surface area contributed by atoms with Crippen molar-refractivity contribution in [3.05, 3.63) is 71.3 Å². The second kappa shape index (κ2) is 14.5. The molecule has 2 atom stereocenters. The zero-order valence-corrected chi connectivity index (χ0v) is 19.0. The summed E-state index contributed by atoms with van der Waals surface area (Å²) in [5.74, 6) is -1.00. The normalized spacial score (nSPS) is 13.4. The number of hydrogen-bond acceptors (Lipinski definition) is 3. The number of ether oxygens (including phenoxy) is 1. The lowest BCUT2D eigenvalue weighted by molar-refractivity contribution is 0.0354. The molecule has 4 heteroatoms. The van der Waals surface area contributed by atoms with Gasteiger partial charge in [-0.25, -0.2) is 4.79 Å². The Morgan fingerprint density at radius 1 is 0.935 bits per heavy atom. The predicted octanol–water partition coefficient (Wildman–Crippen LogP) is 7.09. The predicted molar refractivity (Wildman–Crippen MR) is 128 cm³/mol. The maximum Gasteiger partial charge on any atom is 0.335 e. The van der Waals surface area contributed by atoms with Crippen LogP contribution in [0.4, 0.5) is 0 Å². The molecule has 0 amide bonds. The van der Waals surface area contributed by atoms with E-state index < -0.39 is 12.2 Å². The van der Waals surface area contributed by atoms with Crippen LogP contribution >= 0.6 is 0 Å². The molecule has 0 fully saturated rings. The molecule has 168 valence electrons.